The van der Waals surface area contributed by atoms with E-state index in [9.17, 15) is 9.59 Å². The zero-order valence-corrected chi connectivity index (χ0v) is 14.8. The number of rotatable bonds is 7. The number of carbonyl (C=O) groups is 1. The summed E-state index contributed by atoms with van der Waals surface area (Å²) in [5.74, 6) is -0.0314. The summed E-state index contributed by atoms with van der Waals surface area (Å²) in [7, 11) is 2.00. The van der Waals surface area contributed by atoms with E-state index in [1.54, 1.807) is 10.7 Å². The van der Waals surface area contributed by atoms with E-state index < -0.39 is 0 Å². The summed E-state index contributed by atoms with van der Waals surface area (Å²) in [6.07, 6.45) is 1.62. The van der Waals surface area contributed by atoms with Gasteiger partial charge in [0.15, 0.2) is 0 Å². The molecule has 0 bridgehead atoms. The van der Waals surface area contributed by atoms with Gasteiger partial charge < -0.3 is 10.2 Å². The number of hydrogen-bond acceptors (Lipinski definition) is 4. The van der Waals surface area contributed by atoms with Gasteiger partial charge in [-0.05, 0) is 24.3 Å². The minimum atomic E-state index is -0.106. The van der Waals surface area contributed by atoms with Gasteiger partial charge in [0, 0.05) is 37.6 Å². The molecule has 2 aromatic carbocycles. The third-order valence-corrected chi connectivity index (χ3v) is 4.28. The SMILES string of the molecule is CN(CCNC(=O)CCn1ncc(=O)c2ccccc21)c1ccccc1. The summed E-state index contributed by atoms with van der Waals surface area (Å²) in [6, 6.07) is 17.3. The molecule has 1 amide bonds. The van der Waals surface area contributed by atoms with Gasteiger partial charge in [-0.25, -0.2) is 0 Å². The van der Waals surface area contributed by atoms with E-state index in [2.05, 4.69) is 15.3 Å². The summed E-state index contributed by atoms with van der Waals surface area (Å²) in [5.41, 5.74) is 1.76. The van der Waals surface area contributed by atoms with Gasteiger partial charge in [0.1, 0.15) is 0 Å². The Bertz CT molecular complexity index is 937. The standard InChI is InChI=1S/C20H22N4O2/c1-23(16-7-3-2-4-8-16)14-12-21-20(26)11-13-24-18-10-6-5-9-17(18)19(25)15-22-24/h2-10,15H,11-14H2,1H3,(H,21,26). The highest BCUT2D eigenvalue weighted by Gasteiger charge is 2.07. The number of aromatic nitrogens is 2. The molecule has 1 aromatic heterocycles. The fourth-order valence-electron chi connectivity index (χ4n) is 2.81. The van der Waals surface area contributed by atoms with Gasteiger partial charge in [-0.1, -0.05) is 30.3 Å². The second-order valence-electron chi connectivity index (χ2n) is 6.11. The zero-order valence-electron chi connectivity index (χ0n) is 14.8. The highest BCUT2D eigenvalue weighted by molar-refractivity contribution is 5.79. The molecule has 0 saturated carbocycles. The fraction of sp³-hybridized carbons (Fsp3) is 0.250. The molecule has 3 aromatic rings. The van der Waals surface area contributed by atoms with Crippen LogP contribution >= 0.6 is 0 Å². The van der Waals surface area contributed by atoms with Gasteiger partial charge in [-0.2, -0.15) is 5.10 Å². The van der Waals surface area contributed by atoms with E-state index in [0.717, 1.165) is 17.7 Å². The van der Waals surface area contributed by atoms with E-state index in [1.807, 2.05) is 55.6 Å². The third kappa shape index (κ3) is 4.27. The van der Waals surface area contributed by atoms with Crippen molar-refractivity contribution in [2.24, 2.45) is 0 Å². The van der Waals surface area contributed by atoms with Crippen LogP contribution in [0.2, 0.25) is 0 Å². The van der Waals surface area contributed by atoms with Gasteiger partial charge >= 0.3 is 0 Å². The van der Waals surface area contributed by atoms with Crippen LogP contribution in [0, 0.1) is 0 Å². The predicted octanol–water partition coefficient (Wildman–Crippen LogP) is 2.04. The molecule has 26 heavy (non-hydrogen) atoms. The molecule has 0 fully saturated rings. The van der Waals surface area contributed by atoms with Crippen LogP contribution in [0.5, 0.6) is 0 Å². The van der Waals surface area contributed by atoms with Crippen molar-refractivity contribution < 1.29 is 4.79 Å². The van der Waals surface area contributed by atoms with Crippen molar-refractivity contribution in [3.05, 3.63) is 71.0 Å². The largest absolute Gasteiger partial charge is 0.373 e. The molecule has 0 aliphatic heterocycles. The van der Waals surface area contributed by atoms with Crippen LogP contribution in [0.25, 0.3) is 10.9 Å². The maximum absolute atomic E-state index is 12.1. The average molecular weight is 350 g/mol. The maximum Gasteiger partial charge on any atom is 0.221 e. The van der Waals surface area contributed by atoms with Crippen LogP contribution < -0.4 is 15.6 Å². The summed E-state index contributed by atoms with van der Waals surface area (Å²) >= 11 is 0. The molecule has 0 saturated heterocycles. The Morgan fingerprint density at radius 2 is 1.85 bits per heavy atom. The number of para-hydroxylation sites is 2. The number of nitrogens with one attached hydrogen (secondary N) is 1. The minimum Gasteiger partial charge on any atom is -0.373 e. The van der Waals surface area contributed by atoms with E-state index in [1.165, 1.54) is 6.20 Å². The number of likely N-dealkylation sites (N-methyl/N-ethyl adjacent to an activating group) is 1. The topological polar surface area (TPSA) is 67.2 Å². The smallest absolute Gasteiger partial charge is 0.221 e. The van der Waals surface area contributed by atoms with Gasteiger partial charge in [-0.3, -0.25) is 14.3 Å². The van der Waals surface area contributed by atoms with Crippen LogP contribution in [0.15, 0.2) is 65.6 Å². The number of amides is 1. The quantitative estimate of drug-likeness (QED) is 0.708. The number of nitrogens with zero attached hydrogens (tertiary/aromatic N) is 3. The molecular formula is C20H22N4O2. The van der Waals surface area contributed by atoms with E-state index in [4.69, 9.17) is 0 Å². The van der Waals surface area contributed by atoms with Gasteiger partial charge in [0.2, 0.25) is 11.3 Å². The first-order valence-electron chi connectivity index (χ1n) is 8.63. The van der Waals surface area contributed by atoms with Crippen molar-refractivity contribution in [1.82, 2.24) is 15.1 Å². The fourth-order valence-corrected chi connectivity index (χ4v) is 2.81. The number of carbonyl (C=O) groups excluding carboxylic acids is 1. The Morgan fingerprint density at radius 1 is 1.12 bits per heavy atom. The number of aryl methyl sites for hydroxylation is 1. The summed E-state index contributed by atoms with van der Waals surface area (Å²) in [4.78, 5) is 26.0. The van der Waals surface area contributed by atoms with Crippen LogP contribution in [0.4, 0.5) is 5.69 Å². The Hall–Kier alpha value is -3.15. The van der Waals surface area contributed by atoms with E-state index >= 15 is 0 Å². The molecule has 134 valence electrons. The molecular weight excluding hydrogens is 328 g/mol. The van der Waals surface area contributed by atoms with Crippen molar-refractivity contribution in [2.75, 3.05) is 25.0 Å². The van der Waals surface area contributed by atoms with Crippen LogP contribution in [-0.2, 0) is 11.3 Å². The van der Waals surface area contributed by atoms with Crippen LogP contribution in [-0.4, -0.2) is 35.8 Å². The van der Waals surface area contributed by atoms with Crippen LogP contribution in [0.3, 0.4) is 0 Å². The lowest BCUT2D eigenvalue weighted by atomic mass is 10.2. The lowest BCUT2D eigenvalue weighted by molar-refractivity contribution is -0.121. The summed E-state index contributed by atoms with van der Waals surface area (Å²) in [6.45, 7) is 1.73. The Balaban J connectivity index is 1.50. The first-order chi connectivity index (χ1) is 12.6. The number of fused-ring (bicyclic) bond motifs is 1. The van der Waals surface area contributed by atoms with Gasteiger partial charge in [0.05, 0.1) is 18.3 Å². The van der Waals surface area contributed by atoms with Crippen molar-refractivity contribution in [1.29, 1.82) is 0 Å². The van der Waals surface area contributed by atoms with Crippen molar-refractivity contribution in [3.63, 3.8) is 0 Å². The average Bonchev–Trinajstić information content (AvgIpc) is 2.68. The van der Waals surface area contributed by atoms with Gasteiger partial charge in [0.25, 0.3) is 0 Å². The molecule has 0 unspecified atom stereocenters. The van der Waals surface area contributed by atoms with Crippen molar-refractivity contribution in [3.8, 4) is 0 Å². The Labute approximate surface area is 152 Å². The molecule has 0 aliphatic carbocycles. The van der Waals surface area contributed by atoms with Gasteiger partial charge in [-0.15, -0.1) is 0 Å². The maximum atomic E-state index is 12.1. The first-order valence-corrected chi connectivity index (χ1v) is 8.63. The summed E-state index contributed by atoms with van der Waals surface area (Å²) < 4.78 is 1.70. The van der Waals surface area contributed by atoms with E-state index in [0.29, 0.717) is 24.9 Å². The minimum absolute atomic E-state index is 0.0314. The Kier molecular flexibility index (Phi) is 5.63. The molecule has 1 N–H and O–H groups in total. The highest BCUT2D eigenvalue weighted by Crippen LogP contribution is 2.10. The number of benzene rings is 2. The second-order valence-corrected chi connectivity index (χ2v) is 6.11. The normalized spacial score (nSPS) is 10.7. The molecule has 0 aliphatic rings. The Morgan fingerprint density at radius 3 is 2.65 bits per heavy atom. The van der Waals surface area contributed by atoms with Crippen molar-refractivity contribution in [2.45, 2.75) is 13.0 Å². The zero-order chi connectivity index (χ0) is 18.4. The van der Waals surface area contributed by atoms with Crippen LogP contribution in [0.1, 0.15) is 6.42 Å². The molecule has 1 heterocycles. The molecule has 0 atom stereocenters. The number of hydrogen-bond donors (Lipinski definition) is 1. The third-order valence-electron chi connectivity index (χ3n) is 4.28. The molecule has 0 spiro atoms. The molecule has 0 radical (unpaired) electrons. The second kappa shape index (κ2) is 8.29. The van der Waals surface area contributed by atoms with E-state index in [-0.39, 0.29) is 11.3 Å². The van der Waals surface area contributed by atoms with Crippen molar-refractivity contribution >= 4 is 22.5 Å². The lowest BCUT2D eigenvalue weighted by Crippen LogP contribution is -2.33. The highest BCUT2D eigenvalue weighted by atomic mass is 16.1. The molecule has 6 nitrogen and oxygen atoms in total. The summed E-state index contributed by atoms with van der Waals surface area (Å²) in [5, 5.41) is 7.69. The first kappa shape index (κ1) is 17.7. The molecule has 6 heteroatoms. The number of anilines is 1. The predicted molar refractivity (Wildman–Crippen MR) is 103 cm³/mol. The lowest BCUT2D eigenvalue weighted by Gasteiger charge is -2.19. The monoisotopic (exact) mass is 350 g/mol. The molecule has 3 rings (SSSR count).